The molecule has 0 saturated carbocycles. The van der Waals surface area contributed by atoms with E-state index in [9.17, 15) is 22.6 Å². The summed E-state index contributed by atoms with van der Waals surface area (Å²) in [5.41, 5.74) is 3.71. The number of carbonyl (C=O) groups is 1. The molecule has 1 aromatic heterocycles. The molecule has 0 unspecified atom stereocenters. The average molecular weight is 469 g/mol. The first kappa shape index (κ1) is 23.4. The third kappa shape index (κ3) is 3.74. The zero-order chi connectivity index (χ0) is 22.8. The van der Waals surface area contributed by atoms with E-state index in [1.54, 1.807) is 50.4 Å². The van der Waals surface area contributed by atoms with Crippen molar-refractivity contribution in [3.05, 3.63) is 87.7 Å². The van der Waals surface area contributed by atoms with Crippen LogP contribution in [0.25, 0.3) is 22.0 Å². The van der Waals surface area contributed by atoms with Gasteiger partial charge in [0.2, 0.25) is 0 Å². The summed E-state index contributed by atoms with van der Waals surface area (Å²) in [7, 11) is -2.86. The molecule has 1 heterocycles. The average Bonchev–Trinajstić information content (AvgIpc) is 2.75. The number of hydrogen-bond donors (Lipinski definition) is 2. The molecule has 0 atom stereocenters. The number of ketones is 1. The van der Waals surface area contributed by atoms with E-state index in [2.05, 4.69) is 5.32 Å². The van der Waals surface area contributed by atoms with Crippen LogP contribution in [0.4, 0.5) is 11.4 Å². The SMILES string of the molecule is Cc1ccc(Nc2ccc3c4c(cc(=O)n3C)-c3ccccc3C(=O)c24)c(S(=O)(=O)O)c1.[Na+]. The molecule has 5 rings (SSSR count). The summed E-state index contributed by atoms with van der Waals surface area (Å²) < 4.78 is 35.1. The Bertz CT molecular complexity index is 1640. The maximum Gasteiger partial charge on any atom is 1.00 e. The molecule has 4 aromatic rings. The first-order chi connectivity index (χ1) is 15.2. The molecule has 0 saturated heterocycles. The van der Waals surface area contributed by atoms with E-state index in [1.807, 2.05) is 6.07 Å². The van der Waals surface area contributed by atoms with Gasteiger partial charge in [-0.05, 0) is 47.9 Å². The molecule has 1 aliphatic carbocycles. The molecule has 3 aromatic carbocycles. The van der Waals surface area contributed by atoms with Gasteiger partial charge in [-0.3, -0.25) is 14.1 Å². The number of benzene rings is 3. The number of hydrogen-bond acceptors (Lipinski definition) is 5. The second-order valence-corrected chi connectivity index (χ2v) is 9.20. The van der Waals surface area contributed by atoms with Gasteiger partial charge in [0.25, 0.3) is 15.7 Å². The third-order valence-electron chi connectivity index (χ3n) is 5.79. The number of aromatic nitrogens is 1. The molecule has 0 fully saturated rings. The molecule has 0 spiro atoms. The molecule has 160 valence electrons. The van der Waals surface area contributed by atoms with Crippen molar-refractivity contribution in [1.29, 1.82) is 0 Å². The van der Waals surface area contributed by atoms with E-state index in [0.717, 1.165) is 0 Å². The molecule has 0 amide bonds. The van der Waals surface area contributed by atoms with Crippen molar-refractivity contribution in [2.45, 2.75) is 11.8 Å². The van der Waals surface area contributed by atoms with Crippen molar-refractivity contribution in [3.8, 4) is 11.1 Å². The molecular weight excluding hydrogens is 451 g/mol. The first-order valence-electron chi connectivity index (χ1n) is 9.83. The van der Waals surface area contributed by atoms with Gasteiger partial charge in [-0.15, -0.1) is 0 Å². The summed E-state index contributed by atoms with van der Waals surface area (Å²) in [6.45, 7) is 1.71. The normalized spacial score (nSPS) is 12.3. The van der Waals surface area contributed by atoms with Crippen molar-refractivity contribution in [2.24, 2.45) is 7.05 Å². The number of carbonyl (C=O) groups excluding carboxylic acids is 1. The van der Waals surface area contributed by atoms with E-state index in [-0.39, 0.29) is 51.5 Å². The minimum absolute atomic E-state index is 0. The maximum atomic E-state index is 13.5. The Balaban J connectivity index is 0.00000259. The number of nitrogens with one attached hydrogen (secondary N) is 1. The molecular formula is C24H18N2NaO5S+. The second kappa shape index (κ2) is 8.23. The molecule has 0 aliphatic heterocycles. The van der Waals surface area contributed by atoms with Crippen molar-refractivity contribution >= 4 is 38.2 Å². The van der Waals surface area contributed by atoms with Gasteiger partial charge in [0.05, 0.1) is 22.5 Å². The zero-order valence-electron chi connectivity index (χ0n) is 18.2. The summed E-state index contributed by atoms with van der Waals surface area (Å²) in [4.78, 5) is 25.8. The van der Waals surface area contributed by atoms with Crippen molar-refractivity contribution < 1.29 is 47.3 Å². The van der Waals surface area contributed by atoms with Crippen LogP contribution in [0.2, 0.25) is 0 Å². The zero-order valence-corrected chi connectivity index (χ0v) is 21.0. The maximum absolute atomic E-state index is 13.5. The Morgan fingerprint density at radius 2 is 1.55 bits per heavy atom. The van der Waals surface area contributed by atoms with Crippen LogP contribution < -0.4 is 40.4 Å². The summed E-state index contributed by atoms with van der Waals surface area (Å²) >= 11 is 0. The smallest absolute Gasteiger partial charge is 0.354 e. The van der Waals surface area contributed by atoms with Gasteiger partial charge < -0.3 is 9.88 Å². The summed E-state index contributed by atoms with van der Waals surface area (Å²) in [6.07, 6.45) is 0. The van der Waals surface area contributed by atoms with Crippen LogP contribution in [-0.2, 0) is 17.2 Å². The first-order valence-corrected chi connectivity index (χ1v) is 11.3. The van der Waals surface area contributed by atoms with Crippen LogP contribution in [0.5, 0.6) is 0 Å². The van der Waals surface area contributed by atoms with Gasteiger partial charge in [0.1, 0.15) is 4.90 Å². The topological polar surface area (TPSA) is 105 Å². The Kier molecular flexibility index (Phi) is 5.84. The standard InChI is InChI=1S/C24H18N2O5S.Na/c1-13-7-8-17(20(11-13)32(29,30)31)25-18-9-10-19-22-16(12-21(27)26(19)2)14-5-3-4-6-15(14)24(28)23(18)22;/h3-12,25H,1-2H3,(H,29,30,31);/q;+1. The Morgan fingerprint density at radius 1 is 0.879 bits per heavy atom. The van der Waals surface area contributed by atoms with Crippen LogP contribution in [0.1, 0.15) is 21.5 Å². The van der Waals surface area contributed by atoms with Crippen molar-refractivity contribution in [3.63, 3.8) is 0 Å². The van der Waals surface area contributed by atoms with Crippen LogP contribution in [0.3, 0.4) is 0 Å². The second-order valence-electron chi connectivity index (χ2n) is 7.81. The van der Waals surface area contributed by atoms with Gasteiger partial charge >= 0.3 is 29.6 Å². The fourth-order valence-corrected chi connectivity index (χ4v) is 4.98. The van der Waals surface area contributed by atoms with Gasteiger partial charge in [0, 0.05) is 24.1 Å². The molecule has 9 heteroatoms. The Labute approximate surface area is 212 Å². The van der Waals surface area contributed by atoms with Gasteiger partial charge in [-0.25, -0.2) is 0 Å². The number of pyridine rings is 1. The van der Waals surface area contributed by atoms with E-state index >= 15 is 0 Å². The predicted octanol–water partition coefficient (Wildman–Crippen LogP) is 1.05. The molecule has 33 heavy (non-hydrogen) atoms. The van der Waals surface area contributed by atoms with Crippen LogP contribution >= 0.6 is 0 Å². The summed E-state index contributed by atoms with van der Waals surface area (Å²) in [5.74, 6) is -0.236. The Morgan fingerprint density at radius 3 is 2.24 bits per heavy atom. The third-order valence-corrected chi connectivity index (χ3v) is 6.68. The van der Waals surface area contributed by atoms with Crippen LogP contribution in [0, 0.1) is 6.92 Å². The van der Waals surface area contributed by atoms with Gasteiger partial charge in [0.15, 0.2) is 5.78 Å². The van der Waals surface area contributed by atoms with Crippen molar-refractivity contribution in [2.75, 3.05) is 5.32 Å². The summed E-state index contributed by atoms with van der Waals surface area (Å²) in [5, 5.41) is 3.64. The largest absolute Gasteiger partial charge is 1.00 e. The molecule has 2 N–H and O–H groups in total. The van der Waals surface area contributed by atoms with E-state index in [1.165, 1.54) is 22.8 Å². The molecule has 7 nitrogen and oxygen atoms in total. The number of nitrogens with zero attached hydrogens (tertiary/aromatic N) is 1. The number of fused-ring (bicyclic) bond motifs is 2. The van der Waals surface area contributed by atoms with Gasteiger partial charge in [-0.1, -0.05) is 30.3 Å². The number of anilines is 2. The van der Waals surface area contributed by atoms with E-state index in [0.29, 0.717) is 44.4 Å². The fraction of sp³-hybridized carbons (Fsp3) is 0.0833. The fourth-order valence-electron chi connectivity index (χ4n) is 4.25. The van der Waals surface area contributed by atoms with Crippen molar-refractivity contribution in [1.82, 2.24) is 4.57 Å². The molecule has 0 radical (unpaired) electrons. The minimum atomic E-state index is -4.50. The van der Waals surface area contributed by atoms with Crippen LogP contribution in [-0.4, -0.2) is 23.3 Å². The minimum Gasteiger partial charge on any atom is -0.354 e. The van der Waals surface area contributed by atoms with E-state index in [4.69, 9.17) is 0 Å². The number of rotatable bonds is 3. The quantitative estimate of drug-likeness (QED) is 0.302. The Hall–Kier alpha value is -2.75. The monoisotopic (exact) mass is 469 g/mol. The molecule has 0 bridgehead atoms. The summed E-state index contributed by atoms with van der Waals surface area (Å²) in [6, 6.07) is 16.5. The van der Waals surface area contributed by atoms with Gasteiger partial charge in [-0.2, -0.15) is 8.42 Å². The van der Waals surface area contributed by atoms with E-state index < -0.39 is 10.1 Å². The number of aryl methyl sites for hydroxylation is 2. The predicted molar refractivity (Wildman–Crippen MR) is 122 cm³/mol. The molecule has 1 aliphatic rings. The van der Waals surface area contributed by atoms with Crippen LogP contribution in [0.15, 0.2) is 70.4 Å².